The van der Waals surface area contributed by atoms with Gasteiger partial charge >= 0.3 is 0 Å². The van der Waals surface area contributed by atoms with Gasteiger partial charge in [0.1, 0.15) is 0 Å². The summed E-state index contributed by atoms with van der Waals surface area (Å²) >= 11 is 0. The fourth-order valence-corrected chi connectivity index (χ4v) is 1.78. The molecule has 90 valence electrons. The summed E-state index contributed by atoms with van der Waals surface area (Å²) in [4.78, 5) is 0. The third kappa shape index (κ3) is 4.33. The van der Waals surface area contributed by atoms with Crippen molar-refractivity contribution in [3.8, 4) is 0 Å². The Balaban J connectivity index is 2.43. The first kappa shape index (κ1) is 13.2. The first-order valence-corrected chi connectivity index (χ1v) is 5.92. The highest BCUT2D eigenvalue weighted by atomic mass is 16.5. The lowest BCUT2D eigenvalue weighted by molar-refractivity contribution is 0.157. The van der Waals surface area contributed by atoms with E-state index in [9.17, 15) is 0 Å². The van der Waals surface area contributed by atoms with Crippen molar-refractivity contribution in [2.45, 2.75) is 26.8 Å². The second-order valence-electron chi connectivity index (χ2n) is 4.60. The van der Waals surface area contributed by atoms with Crippen LogP contribution in [0.15, 0.2) is 24.3 Å². The van der Waals surface area contributed by atoms with E-state index in [1.54, 1.807) is 7.11 Å². The summed E-state index contributed by atoms with van der Waals surface area (Å²) in [5.41, 5.74) is 2.67. The smallest absolute Gasteiger partial charge is 0.0499 e. The van der Waals surface area contributed by atoms with Gasteiger partial charge in [-0.1, -0.05) is 36.8 Å². The lowest BCUT2D eigenvalue weighted by Gasteiger charge is -2.18. The van der Waals surface area contributed by atoms with E-state index in [1.807, 2.05) is 0 Å². The molecule has 0 bridgehead atoms. The summed E-state index contributed by atoms with van der Waals surface area (Å²) in [6, 6.07) is 9.05. The molecule has 0 fully saturated rings. The zero-order valence-electron chi connectivity index (χ0n) is 10.8. The Morgan fingerprint density at radius 2 is 2.06 bits per heavy atom. The Kier molecular flexibility index (Phi) is 5.50. The molecule has 0 amide bonds. The third-order valence-corrected chi connectivity index (χ3v) is 2.77. The Hall–Kier alpha value is -0.860. The molecule has 2 nitrogen and oxygen atoms in total. The molecule has 0 spiro atoms. The van der Waals surface area contributed by atoms with Crippen LogP contribution in [0.25, 0.3) is 0 Å². The summed E-state index contributed by atoms with van der Waals surface area (Å²) in [6.07, 6.45) is 0. The molecule has 2 heteroatoms. The number of rotatable bonds is 6. The molecule has 0 aliphatic heterocycles. The zero-order chi connectivity index (χ0) is 12.0. The van der Waals surface area contributed by atoms with Gasteiger partial charge < -0.3 is 10.1 Å². The molecule has 1 aromatic rings. The van der Waals surface area contributed by atoms with Crippen molar-refractivity contribution in [2.75, 3.05) is 20.3 Å². The second-order valence-corrected chi connectivity index (χ2v) is 4.60. The maximum Gasteiger partial charge on any atom is 0.0499 e. The number of methoxy groups -OCH3 is 1. The van der Waals surface area contributed by atoms with Crippen LogP contribution < -0.4 is 5.32 Å². The highest BCUT2D eigenvalue weighted by molar-refractivity contribution is 5.24. The van der Waals surface area contributed by atoms with Crippen LogP contribution >= 0.6 is 0 Å². The molecule has 0 aliphatic carbocycles. The topological polar surface area (TPSA) is 21.3 Å². The minimum atomic E-state index is 0.402. The normalized spacial score (nSPS) is 14.8. The molecular formula is C14H23NO. The summed E-state index contributed by atoms with van der Waals surface area (Å²) in [5.74, 6) is 0.553. The Morgan fingerprint density at radius 1 is 1.31 bits per heavy atom. The summed E-state index contributed by atoms with van der Waals surface area (Å²) < 4.78 is 5.12. The third-order valence-electron chi connectivity index (χ3n) is 2.77. The molecule has 16 heavy (non-hydrogen) atoms. The average Bonchev–Trinajstić information content (AvgIpc) is 2.26. The minimum Gasteiger partial charge on any atom is -0.384 e. The molecule has 0 radical (unpaired) electrons. The summed E-state index contributed by atoms with van der Waals surface area (Å²) in [7, 11) is 1.75. The Labute approximate surface area is 99.0 Å². The van der Waals surface area contributed by atoms with Gasteiger partial charge in [0.25, 0.3) is 0 Å². The number of hydrogen-bond acceptors (Lipinski definition) is 2. The van der Waals surface area contributed by atoms with E-state index >= 15 is 0 Å². The summed E-state index contributed by atoms with van der Waals surface area (Å²) in [6.45, 7) is 8.33. The highest BCUT2D eigenvalue weighted by Crippen LogP contribution is 2.13. The largest absolute Gasteiger partial charge is 0.384 e. The van der Waals surface area contributed by atoms with Crippen LogP contribution in [0.3, 0.4) is 0 Å². The maximum absolute atomic E-state index is 5.12. The van der Waals surface area contributed by atoms with Crippen molar-refractivity contribution >= 4 is 0 Å². The average molecular weight is 221 g/mol. The SMILES string of the molecule is COCC(C)CN[C@H](C)c1cccc(C)c1. The standard InChI is InChI=1S/C14H23NO/c1-11-6-5-7-14(8-11)13(3)15-9-12(2)10-16-4/h5-8,12-13,15H,9-10H2,1-4H3/t12?,13-/m1/s1. The first-order valence-electron chi connectivity index (χ1n) is 5.92. The minimum absolute atomic E-state index is 0.402. The molecule has 0 saturated carbocycles. The predicted octanol–water partition coefficient (Wildman–Crippen LogP) is 2.93. The molecule has 2 atom stereocenters. The molecule has 0 aromatic heterocycles. The van der Waals surface area contributed by atoms with Crippen LogP contribution in [0.4, 0.5) is 0 Å². The van der Waals surface area contributed by atoms with Gasteiger partial charge in [0.2, 0.25) is 0 Å². The van der Waals surface area contributed by atoms with Gasteiger partial charge in [-0.15, -0.1) is 0 Å². The van der Waals surface area contributed by atoms with Gasteiger partial charge in [0.15, 0.2) is 0 Å². The van der Waals surface area contributed by atoms with Crippen molar-refractivity contribution in [3.63, 3.8) is 0 Å². The predicted molar refractivity (Wildman–Crippen MR) is 68.6 cm³/mol. The monoisotopic (exact) mass is 221 g/mol. The molecule has 0 heterocycles. The lowest BCUT2D eigenvalue weighted by Crippen LogP contribution is -2.26. The molecule has 1 aromatic carbocycles. The van der Waals surface area contributed by atoms with Crippen LogP contribution in [0.1, 0.15) is 31.0 Å². The van der Waals surface area contributed by atoms with E-state index < -0.39 is 0 Å². The number of hydrogen-bond donors (Lipinski definition) is 1. The quantitative estimate of drug-likeness (QED) is 0.797. The molecule has 1 N–H and O–H groups in total. The second kappa shape index (κ2) is 6.66. The van der Waals surface area contributed by atoms with E-state index in [2.05, 4.69) is 50.4 Å². The van der Waals surface area contributed by atoms with Crippen molar-refractivity contribution in [1.82, 2.24) is 5.32 Å². The van der Waals surface area contributed by atoms with Crippen LogP contribution in [-0.2, 0) is 4.74 Å². The fourth-order valence-electron chi connectivity index (χ4n) is 1.78. The van der Waals surface area contributed by atoms with Gasteiger partial charge in [0.05, 0.1) is 0 Å². The summed E-state index contributed by atoms with van der Waals surface area (Å²) in [5, 5.41) is 3.53. The van der Waals surface area contributed by atoms with Crippen LogP contribution in [0.2, 0.25) is 0 Å². The lowest BCUT2D eigenvalue weighted by atomic mass is 10.1. The molecule has 1 rings (SSSR count). The molecule has 1 unspecified atom stereocenters. The van der Waals surface area contributed by atoms with Crippen LogP contribution in [0.5, 0.6) is 0 Å². The van der Waals surface area contributed by atoms with Gasteiger partial charge in [-0.2, -0.15) is 0 Å². The van der Waals surface area contributed by atoms with Crippen molar-refractivity contribution in [3.05, 3.63) is 35.4 Å². The van der Waals surface area contributed by atoms with E-state index in [1.165, 1.54) is 11.1 Å². The molecular weight excluding hydrogens is 198 g/mol. The number of ether oxygens (including phenoxy) is 1. The van der Waals surface area contributed by atoms with E-state index in [0.29, 0.717) is 12.0 Å². The van der Waals surface area contributed by atoms with Gasteiger partial charge in [-0.05, 0) is 25.3 Å². The first-order chi connectivity index (χ1) is 7.63. The van der Waals surface area contributed by atoms with E-state index in [-0.39, 0.29) is 0 Å². The number of aryl methyl sites for hydroxylation is 1. The van der Waals surface area contributed by atoms with Gasteiger partial charge in [-0.3, -0.25) is 0 Å². The fraction of sp³-hybridized carbons (Fsp3) is 0.571. The Bertz CT molecular complexity index is 311. The van der Waals surface area contributed by atoms with E-state index in [0.717, 1.165) is 13.2 Å². The maximum atomic E-state index is 5.12. The Morgan fingerprint density at radius 3 is 2.69 bits per heavy atom. The zero-order valence-corrected chi connectivity index (χ0v) is 10.8. The van der Waals surface area contributed by atoms with Crippen molar-refractivity contribution in [1.29, 1.82) is 0 Å². The van der Waals surface area contributed by atoms with E-state index in [4.69, 9.17) is 4.74 Å². The van der Waals surface area contributed by atoms with Crippen LogP contribution in [-0.4, -0.2) is 20.3 Å². The number of nitrogens with one attached hydrogen (secondary N) is 1. The highest BCUT2D eigenvalue weighted by Gasteiger charge is 2.07. The molecule has 0 saturated heterocycles. The van der Waals surface area contributed by atoms with Gasteiger partial charge in [-0.25, -0.2) is 0 Å². The van der Waals surface area contributed by atoms with Crippen molar-refractivity contribution in [2.24, 2.45) is 5.92 Å². The van der Waals surface area contributed by atoms with Crippen LogP contribution in [0, 0.1) is 12.8 Å². The van der Waals surface area contributed by atoms with Crippen molar-refractivity contribution < 1.29 is 4.74 Å². The number of benzene rings is 1. The molecule has 0 aliphatic rings. The van der Waals surface area contributed by atoms with Gasteiger partial charge in [0, 0.05) is 26.3 Å².